The van der Waals surface area contributed by atoms with Crippen LogP contribution in [0.25, 0.3) is 0 Å². The summed E-state index contributed by atoms with van der Waals surface area (Å²) in [7, 11) is 0. The van der Waals surface area contributed by atoms with Gasteiger partial charge in [0.1, 0.15) is 11.9 Å². The van der Waals surface area contributed by atoms with Crippen molar-refractivity contribution in [2.24, 2.45) is 10.7 Å². The van der Waals surface area contributed by atoms with Crippen LogP contribution in [0, 0.1) is 12.3 Å². The average Bonchev–Trinajstić information content (AvgIpc) is 2.72. The van der Waals surface area contributed by atoms with Gasteiger partial charge in [-0.25, -0.2) is 4.79 Å². The van der Waals surface area contributed by atoms with Gasteiger partial charge in [0.05, 0.1) is 6.04 Å². The molecule has 98 valence electrons. The first kappa shape index (κ1) is 13.2. The summed E-state index contributed by atoms with van der Waals surface area (Å²) in [6, 6.07) is 6.86. The fourth-order valence-corrected chi connectivity index (χ4v) is 2.38. The van der Waals surface area contributed by atoms with Crippen molar-refractivity contribution in [3.8, 4) is 12.3 Å². The lowest BCUT2D eigenvalue weighted by Gasteiger charge is -2.28. The molecule has 1 aliphatic rings. The van der Waals surface area contributed by atoms with Crippen molar-refractivity contribution in [2.45, 2.75) is 32.4 Å². The Hall–Kier alpha value is -2.28. The zero-order valence-electron chi connectivity index (χ0n) is 11.1. The monoisotopic (exact) mass is 255 g/mol. The van der Waals surface area contributed by atoms with E-state index in [1.807, 2.05) is 24.3 Å². The first-order chi connectivity index (χ1) is 9.10. The molecule has 2 rings (SSSR count). The van der Waals surface area contributed by atoms with Gasteiger partial charge in [-0.3, -0.25) is 4.90 Å². The van der Waals surface area contributed by atoms with Crippen LogP contribution >= 0.6 is 0 Å². The Kier molecular flexibility index (Phi) is 3.57. The normalized spacial score (nSPS) is 20.1. The first-order valence-electron chi connectivity index (χ1n) is 6.30. The Labute approximate surface area is 113 Å². The van der Waals surface area contributed by atoms with Crippen LogP contribution in [0.2, 0.25) is 0 Å². The van der Waals surface area contributed by atoms with Gasteiger partial charge in [-0.05, 0) is 24.5 Å². The summed E-state index contributed by atoms with van der Waals surface area (Å²) in [5.41, 5.74) is 8.07. The first-order valence-corrected chi connectivity index (χ1v) is 6.30. The average molecular weight is 255 g/mol. The molecule has 0 radical (unpaired) electrons. The van der Waals surface area contributed by atoms with Crippen molar-refractivity contribution in [3.63, 3.8) is 0 Å². The number of benzene rings is 1. The molecule has 0 bridgehead atoms. The van der Waals surface area contributed by atoms with E-state index < -0.39 is 0 Å². The molecule has 0 fully saturated rings. The largest absolute Gasteiger partial charge is 0.385 e. The summed E-state index contributed by atoms with van der Waals surface area (Å²) in [6.45, 7) is 3.87. The Bertz CT molecular complexity index is 571. The van der Waals surface area contributed by atoms with Crippen LogP contribution < -0.4 is 5.73 Å². The maximum Gasteiger partial charge on any atom is 0.347 e. The highest BCUT2D eigenvalue weighted by molar-refractivity contribution is 6.03. The van der Waals surface area contributed by atoms with Gasteiger partial charge >= 0.3 is 6.03 Å². The molecule has 1 heterocycles. The van der Waals surface area contributed by atoms with Gasteiger partial charge in [-0.15, -0.1) is 6.42 Å². The quantitative estimate of drug-likeness (QED) is 0.841. The molecule has 0 aromatic heterocycles. The van der Waals surface area contributed by atoms with Crippen molar-refractivity contribution >= 4 is 11.9 Å². The second-order valence-electron chi connectivity index (χ2n) is 4.52. The Balaban J connectivity index is 2.49. The van der Waals surface area contributed by atoms with Gasteiger partial charge in [0.25, 0.3) is 0 Å². The van der Waals surface area contributed by atoms with Crippen molar-refractivity contribution in [2.75, 3.05) is 0 Å². The highest BCUT2D eigenvalue weighted by Crippen LogP contribution is 2.31. The van der Waals surface area contributed by atoms with Crippen LogP contribution in [0.15, 0.2) is 29.3 Å². The van der Waals surface area contributed by atoms with E-state index in [-0.39, 0.29) is 18.1 Å². The number of hydrogen-bond acceptors (Lipinski definition) is 2. The second kappa shape index (κ2) is 5.15. The molecule has 1 aromatic carbocycles. The smallest absolute Gasteiger partial charge is 0.347 e. The highest BCUT2D eigenvalue weighted by Gasteiger charge is 2.37. The fraction of sp³-hybridized carbons (Fsp3) is 0.333. The summed E-state index contributed by atoms with van der Waals surface area (Å²) in [5, 5.41) is 0. The van der Waals surface area contributed by atoms with Gasteiger partial charge in [0, 0.05) is 0 Å². The zero-order chi connectivity index (χ0) is 14.0. The van der Waals surface area contributed by atoms with E-state index in [2.05, 4.69) is 17.8 Å². The number of hydrogen-bond donors (Lipinski definition) is 1. The molecule has 19 heavy (non-hydrogen) atoms. The Morgan fingerprint density at radius 2 is 2.21 bits per heavy atom. The third kappa shape index (κ3) is 2.19. The number of aliphatic imine (C=N–C) groups is 1. The Morgan fingerprint density at radius 1 is 1.53 bits per heavy atom. The van der Waals surface area contributed by atoms with Crippen molar-refractivity contribution < 1.29 is 4.79 Å². The minimum atomic E-state index is -0.362. The fourth-order valence-electron chi connectivity index (χ4n) is 2.38. The van der Waals surface area contributed by atoms with Crippen LogP contribution in [-0.2, 0) is 6.42 Å². The topological polar surface area (TPSA) is 58.7 Å². The number of nitrogens with two attached hydrogens (primary N) is 1. The van der Waals surface area contributed by atoms with Crippen LogP contribution in [0.4, 0.5) is 4.79 Å². The molecule has 4 heteroatoms. The third-order valence-corrected chi connectivity index (χ3v) is 3.39. The number of urea groups is 1. The number of amides is 2. The van der Waals surface area contributed by atoms with Crippen molar-refractivity contribution in [1.29, 1.82) is 0 Å². The van der Waals surface area contributed by atoms with E-state index in [4.69, 9.17) is 12.2 Å². The molecule has 0 saturated carbocycles. The van der Waals surface area contributed by atoms with Crippen LogP contribution in [0.1, 0.15) is 31.0 Å². The number of carbonyl (C=O) groups is 1. The maximum atomic E-state index is 11.9. The van der Waals surface area contributed by atoms with Gasteiger partial charge in [-0.2, -0.15) is 4.99 Å². The molecule has 2 N–H and O–H groups in total. The highest BCUT2D eigenvalue weighted by atomic mass is 16.2. The molecule has 1 aromatic rings. The number of terminal acetylenes is 1. The number of rotatable bonds is 3. The summed E-state index contributed by atoms with van der Waals surface area (Å²) in [5.74, 6) is 2.88. The molecule has 2 atom stereocenters. The summed E-state index contributed by atoms with van der Waals surface area (Å²) in [6.07, 6.45) is 6.30. The van der Waals surface area contributed by atoms with E-state index >= 15 is 0 Å². The lowest BCUT2D eigenvalue weighted by atomic mass is 9.96. The van der Waals surface area contributed by atoms with Crippen LogP contribution in [0.5, 0.6) is 0 Å². The predicted octanol–water partition coefficient (Wildman–Crippen LogP) is 2.10. The maximum absolute atomic E-state index is 11.9. The van der Waals surface area contributed by atoms with Crippen molar-refractivity contribution in [3.05, 3.63) is 35.4 Å². The van der Waals surface area contributed by atoms with E-state index in [0.29, 0.717) is 5.84 Å². The predicted molar refractivity (Wildman–Crippen MR) is 75.7 cm³/mol. The van der Waals surface area contributed by atoms with Crippen LogP contribution in [-0.4, -0.2) is 22.8 Å². The Morgan fingerprint density at radius 3 is 2.84 bits per heavy atom. The summed E-state index contributed by atoms with van der Waals surface area (Å²) in [4.78, 5) is 17.3. The minimum Gasteiger partial charge on any atom is -0.385 e. The second-order valence-corrected chi connectivity index (χ2v) is 4.52. The van der Waals surface area contributed by atoms with Gasteiger partial charge in [0.2, 0.25) is 0 Å². The molecule has 1 aliphatic heterocycles. The number of carbonyl (C=O) groups excluding carboxylic acids is 1. The van der Waals surface area contributed by atoms with E-state index in [1.165, 1.54) is 0 Å². The lowest BCUT2D eigenvalue weighted by molar-refractivity contribution is 0.198. The zero-order valence-corrected chi connectivity index (χ0v) is 11.1. The summed E-state index contributed by atoms with van der Waals surface area (Å²) >= 11 is 0. The van der Waals surface area contributed by atoms with Gasteiger partial charge in [-0.1, -0.05) is 37.1 Å². The summed E-state index contributed by atoms with van der Waals surface area (Å²) < 4.78 is 0. The van der Waals surface area contributed by atoms with E-state index in [9.17, 15) is 4.79 Å². The molecular weight excluding hydrogens is 238 g/mol. The molecule has 2 unspecified atom stereocenters. The molecule has 0 spiro atoms. The number of nitrogens with zero attached hydrogens (tertiary/aromatic N) is 2. The van der Waals surface area contributed by atoms with Gasteiger partial charge in [0.15, 0.2) is 0 Å². The molecule has 0 aliphatic carbocycles. The van der Waals surface area contributed by atoms with E-state index in [0.717, 1.165) is 17.5 Å². The minimum absolute atomic E-state index is 0.313. The SMILES string of the molecule is C#CC(C)N1C(=O)N=C(N)C1c1ccccc1CC. The van der Waals surface area contributed by atoms with E-state index in [1.54, 1.807) is 11.8 Å². The number of amidine groups is 1. The van der Waals surface area contributed by atoms with Crippen molar-refractivity contribution in [1.82, 2.24) is 4.90 Å². The molecular formula is C15H17N3O. The lowest BCUT2D eigenvalue weighted by Crippen LogP contribution is -2.39. The number of aryl methyl sites for hydroxylation is 1. The standard InChI is InChI=1S/C15H17N3O/c1-4-10(3)18-13(14(16)17-15(18)19)12-9-7-6-8-11(12)5-2/h1,6-10,13H,5H2,2-3H3,(H2,16,17,19). The molecule has 4 nitrogen and oxygen atoms in total. The van der Waals surface area contributed by atoms with Crippen LogP contribution in [0.3, 0.4) is 0 Å². The third-order valence-electron chi connectivity index (χ3n) is 3.39. The molecule has 2 amide bonds. The van der Waals surface area contributed by atoms with Gasteiger partial charge < -0.3 is 5.73 Å². The molecule has 0 saturated heterocycles.